The van der Waals surface area contributed by atoms with Gasteiger partial charge in [0.1, 0.15) is 11.5 Å². The van der Waals surface area contributed by atoms with E-state index in [1.165, 1.54) is 24.3 Å². The van der Waals surface area contributed by atoms with Gasteiger partial charge in [0.15, 0.2) is 0 Å². The topological polar surface area (TPSA) is 40.5 Å². The first kappa shape index (κ1) is 11.8. The quantitative estimate of drug-likeness (QED) is 0.473. The smallest absolute Gasteiger partial charge is 0.115 e. The molecule has 0 radical (unpaired) electrons. The van der Waals surface area contributed by atoms with Crippen LogP contribution in [0.4, 0.5) is 0 Å². The summed E-state index contributed by atoms with van der Waals surface area (Å²) < 4.78 is 1.00. The minimum Gasteiger partial charge on any atom is -0.508 e. The molecule has 0 aliphatic heterocycles. The molecule has 1 rings (SSSR count). The number of nitrogens with zero attached hydrogens (tertiary/aromatic N) is 1. The Morgan fingerprint density at radius 1 is 0.769 bits per heavy atom. The van der Waals surface area contributed by atoms with Crippen molar-refractivity contribution in [1.29, 1.82) is 0 Å². The van der Waals surface area contributed by atoms with Crippen LogP contribution in [0.3, 0.4) is 0 Å². The van der Waals surface area contributed by atoms with Crippen LogP contribution in [0.1, 0.15) is 0 Å². The fourth-order valence-electron chi connectivity index (χ4n) is 0.453. The van der Waals surface area contributed by atoms with Crippen LogP contribution in [0.5, 0.6) is 11.5 Å². The molecule has 0 amide bonds. The normalized spacial score (nSPS) is 10.2. The summed E-state index contributed by atoms with van der Waals surface area (Å²) >= 11 is 0. The van der Waals surface area contributed by atoms with E-state index in [1.54, 1.807) is 0 Å². The summed E-state index contributed by atoms with van der Waals surface area (Å²) in [6.07, 6.45) is 0. The van der Waals surface area contributed by atoms with Crippen LogP contribution < -0.4 is 0 Å². The zero-order valence-electron chi connectivity index (χ0n) is 8.65. The van der Waals surface area contributed by atoms with E-state index in [0.29, 0.717) is 0 Å². The predicted molar refractivity (Wildman–Crippen MR) is 53.7 cm³/mol. The molecule has 3 nitrogen and oxygen atoms in total. The van der Waals surface area contributed by atoms with Crippen molar-refractivity contribution in [3.8, 4) is 11.5 Å². The fourth-order valence-corrected chi connectivity index (χ4v) is 0.453. The lowest BCUT2D eigenvalue weighted by atomic mass is 10.3. The zero-order chi connectivity index (χ0) is 10.5. The molecule has 0 heterocycles. The summed E-state index contributed by atoms with van der Waals surface area (Å²) in [4.78, 5) is 0. The molecule has 0 bridgehead atoms. The second kappa shape index (κ2) is 4.72. The predicted octanol–water partition coefficient (Wildman–Crippen LogP) is 1.42. The average molecular weight is 184 g/mol. The van der Waals surface area contributed by atoms with E-state index in [-0.39, 0.29) is 11.5 Å². The summed E-state index contributed by atoms with van der Waals surface area (Å²) in [6, 6.07) is 5.70. The van der Waals surface area contributed by atoms with Crippen LogP contribution in [-0.2, 0) is 0 Å². The molecule has 1 aromatic rings. The summed E-state index contributed by atoms with van der Waals surface area (Å²) in [5, 5.41) is 17.3. The Morgan fingerprint density at radius 3 is 1.08 bits per heavy atom. The van der Waals surface area contributed by atoms with E-state index in [1.807, 2.05) is 0 Å². The maximum absolute atomic E-state index is 8.65. The minimum atomic E-state index is 0.169. The van der Waals surface area contributed by atoms with Crippen LogP contribution in [0.25, 0.3) is 0 Å². The molecule has 13 heavy (non-hydrogen) atoms. The van der Waals surface area contributed by atoms with Gasteiger partial charge in [0.05, 0.1) is 28.2 Å². The molecule has 0 unspecified atom stereocenters. The summed E-state index contributed by atoms with van der Waals surface area (Å²) in [5.41, 5.74) is 0. The van der Waals surface area contributed by atoms with E-state index in [2.05, 4.69) is 28.2 Å². The van der Waals surface area contributed by atoms with Crippen LogP contribution >= 0.6 is 0 Å². The van der Waals surface area contributed by atoms with Crippen molar-refractivity contribution in [1.82, 2.24) is 0 Å². The van der Waals surface area contributed by atoms with Gasteiger partial charge in [0.25, 0.3) is 0 Å². The number of phenols is 2. The van der Waals surface area contributed by atoms with Gasteiger partial charge in [-0.3, -0.25) is 0 Å². The molecule has 74 valence electrons. The number of phenolic OH excluding ortho intramolecular Hbond substituents is 2. The van der Waals surface area contributed by atoms with E-state index in [0.717, 1.165) is 4.48 Å². The third-order valence-electron chi connectivity index (χ3n) is 0.850. The molecule has 0 saturated heterocycles. The van der Waals surface area contributed by atoms with E-state index in [4.69, 9.17) is 10.2 Å². The maximum atomic E-state index is 8.65. The van der Waals surface area contributed by atoms with Crippen molar-refractivity contribution >= 4 is 0 Å². The maximum Gasteiger partial charge on any atom is 0.115 e. The van der Waals surface area contributed by atoms with Crippen molar-refractivity contribution in [2.45, 2.75) is 0 Å². The summed E-state index contributed by atoms with van der Waals surface area (Å²) in [7, 11) is 8.50. The Bertz CT molecular complexity index is 209. The number of quaternary nitrogens is 1. The van der Waals surface area contributed by atoms with E-state index >= 15 is 0 Å². The Hall–Kier alpha value is -1.22. The Kier molecular flexibility index (Phi) is 4.28. The molecule has 0 aliphatic rings. The molecule has 3 heteroatoms. The standard InChI is InChI=1S/C6H6O2.C4H12N/c7-5-1-2-6(8)4-3-5;1-5(2,3)4/h1-4,7-8H;1-4H3/q;+1. The first-order valence-corrected chi connectivity index (χ1v) is 4.06. The first-order valence-electron chi connectivity index (χ1n) is 4.06. The fraction of sp³-hybridized carbons (Fsp3) is 0.400. The molecule has 0 atom stereocenters. The third kappa shape index (κ3) is 10.8. The molecular formula is C10H18NO2+. The molecule has 0 saturated carbocycles. The Balaban J connectivity index is 0.000000252. The van der Waals surface area contributed by atoms with Gasteiger partial charge in [-0.25, -0.2) is 0 Å². The number of aromatic hydroxyl groups is 2. The van der Waals surface area contributed by atoms with Crippen LogP contribution in [0.2, 0.25) is 0 Å². The lowest BCUT2D eigenvalue weighted by Crippen LogP contribution is -2.27. The monoisotopic (exact) mass is 184 g/mol. The second-order valence-electron chi connectivity index (χ2n) is 4.20. The van der Waals surface area contributed by atoms with E-state index < -0.39 is 0 Å². The van der Waals surface area contributed by atoms with Crippen molar-refractivity contribution in [2.75, 3.05) is 28.2 Å². The zero-order valence-corrected chi connectivity index (χ0v) is 8.65. The van der Waals surface area contributed by atoms with E-state index in [9.17, 15) is 0 Å². The van der Waals surface area contributed by atoms with Gasteiger partial charge in [-0.15, -0.1) is 0 Å². The lowest BCUT2D eigenvalue weighted by molar-refractivity contribution is -0.849. The van der Waals surface area contributed by atoms with Gasteiger partial charge in [0.2, 0.25) is 0 Å². The summed E-state index contributed by atoms with van der Waals surface area (Å²) in [5.74, 6) is 0.339. The van der Waals surface area contributed by atoms with Gasteiger partial charge in [-0.05, 0) is 24.3 Å². The molecule has 0 spiro atoms. The number of hydrogen-bond acceptors (Lipinski definition) is 2. The van der Waals surface area contributed by atoms with Gasteiger partial charge in [-0.2, -0.15) is 0 Å². The van der Waals surface area contributed by atoms with Gasteiger partial charge >= 0.3 is 0 Å². The van der Waals surface area contributed by atoms with Crippen molar-refractivity contribution in [2.24, 2.45) is 0 Å². The highest BCUT2D eigenvalue weighted by atomic mass is 16.3. The average Bonchev–Trinajstić information content (AvgIpc) is 1.92. The Morgan fingerprint density at radius 2 is 0.923 bits per heavy atom. The number of hydrogen-bond donors (Lipinski definition) is 2. The Labute approximate surface area is 79.5 Å². The van der Waals surface area contributed by atoms with Gasteiger partial charge < -0.3 is 14.7 Å². The highest BCUT2D eigenvalue weighted by Gasteiger charge is 1.88. The number of rotatable bonds is 0. The highest BCUT2D eigenvalue weighted by molar-refractivity contribution is 5.28. The largest absolute Gasteiger partial charge is 0.508 e. The van der Waals surface area contributed by atoms with Crippen LogP contribution in [0.15, 0.2) is 24.3 Å². The second-order valence-corrected chi connectivity index (χ2v) is 4.20. The van der Waals surface area contributed by atoms with Crippen LogP contribution in [0, 0.1) is 0 Å². The van der Waals surface area contributed by atoms with Crippen LogP contribution in [-0.4, -0.2) is 42.9 Å². The van der Waals surface area contributed by atoms with Crippen molar-refractivity contribution < 1.29 is 14.7 Å². The SMILES string of the molecule is C[N+](C)(C)C.Oc1ccc(O)cc1. The first-order chi connectivity index (χ1) is 5.79. The molecule has 0 aromatic heterocycles. The molecule has 1 aromatic carbocycles. The van der Waals surface area contributed by atoms with Crippen molar-refractivity contribution in [3.63, 3.8) is 0 Å². The molecule has 0 aliphatic carbocycles. The lowest BCUT2D eigenvalue weighted by Gasteiger charge is -2.14. The van der Waals surface area contributed by atoms with Gasteiger partial charge in [0, 0.05) is 0 Å². The molecular weight excluding hydrogens is 166 g/mol. The summed E-state index contributed by atoms with van der Waals surface area (Å²) in [6.45, 7) is 0. The molecule has 0 fully saturated rings. The van der Waals surface area contributed by atoms with Crippen molar-refractivity contribution in [3.05, 3.63) is 24.3 Å². The highest BCUT2D eigenvalue weighted by Crippen LogP contribution is 2.13. The number of benzene rings is 1. The molecule has 2 N–H and O–H groups in total. The minimum absolute atomic E-state index is 0.169. The van der Waals surface area contributed by atoms with Gasteiger partial charge in [-0.1, -0.05) is 0 Å². The third-order valence-corrected chi connectivity index (χ3v) is 0.850.